The lowest BCUT2D eigenvalue weighted by Crippen LogP contribution is -2.32. The second kappa shape index (κ2) is 8.47. The Morgan fingerprint density at radius 1 is 1.17 bits per heavy atom. The van der Waals surface area contributed by atoms with Gasteiger partial charge in [0.25, 0.3) is 11.8 Å². The van der Waals surface area contributed by atoms with E-state index in [-0.39, 0.29) is 23.1 Å². The second-order valence-electron chi connectivity index (χ2n) is 6.87. The van der Waals surface area contributed by atoms with Crippen LogP contribution in [-0.4, -0.2) is 51.5 Å². The van der Waals surface area contributed by atoms with E-state index in [1.807, 2.05) is 12.2 Å². The number of benzene rings is 2. The van der Waals surface area contributed by atoms with Gasteiger partial charge in [-0.25, -0.2) is 4.98 Å². The minimum absolute atomic E-state index is 0.189. The molecule has 1 atom stereocenters. The molecule has 0 radical (unpaired) electrons. The molecule has 0 spiro atoms. The highest BCUT2D eigenvalue weighted by atomic mass is 35.5. The molecule has 0 aliphatic carbocycles. The standard InChI is InChI=1S/C21H18Cl2N4O3/c22-13-4-6-16-17(10-13)25-19(24-16)18(11-28)26-20(29)12-3-5-14(15(23)9-12)21(30)27-7-1-2-8-27/h1-6,9-10,18,28H,7-8,11H2,(H,24,25)(H,26,29). The normalized spacial score (nSPS) is 14.3. The van der Waals surface area contributed by atoms with Gasteiger partial charge in [-0.1, -0.05) is 35.4 Å². The van der Waals surface area contributed by atoms with Gasteiger partial charge < -0.3 is 20.3 Å². The number of aromatic amines is 1. The van der Waals surface area contributed by atoms with Crippen LogP contribution < -0.4 is 5.32 Å². The van der Waals surface area contributed by atoms with Crippen molar-refractivity contribution < 1.29 is 14.7 Å². The maximum absolute atomic E-state index is 12.7. The summed E-state index contributed by atoms with van der Waals surface area (Å²) in [6.07, 6.45) is 3.82. The number of H-pyrrole nitrogens is 1. The third-order valence-electron chi connectivity index (χ3n) is 4.85. The van der Waals surface area contributed by atoms with Crippen molar-refractivity contribution in [1.29, 1.82) is 0 Å². The molecule has 2 amide bonds. The zero-order chi connectivity index (χ0) is 21.3. The van der Waals surface area contributed by atoms with Crippen LogP contribution in [0.4, 0.5) is 0 Å². The molecule has 2 aromatic carbocycles. The minimum atomic E-state index is -0.751. The predicted molar refractivity (Wildman–Crippen MR) is 115 cm³/mol. The Bertz CT molecular complexity index is 1150. The number of imidazole rings is 1. The van der Waals surface area contributed by atoms with Crippen molar-refractivity contribution in [2.45, 2.75) is 6.04 Å². The molecule has 0 fully saturated rings. The first-order chi connectivity index (χ1) is 14.5. The van der Waals surface area contributed by atoms with Gasteiger partial charge in [-0.3, -0.25) is 9.59 Å². The van der Waals surface area contributed by atoms with E-state index in [2.05, 4.69) is 15.3 Å². The number of aliphatic hydroxyl groups excluding tert-OH is 1. The number of aliphatic hydroxyl groups is 1. The van der Waals surface area contributed by atoms with Crippen LogP contribution in [0.25, 0.3) is 11.0 Å². The quantitative estimate of drug-likeness (QED) is 0.525. The van der Waals surface area contributed by atoms with Gasteiger partial charge in [-0.2, -0.15) is 0 Å². The van der Waals surface area contributed by atoms with Gasteiger partial charge in [0.15, 0.2) is 0 Å². The maximum Gasteiger partial charge on any atom is 0.255 e. The molecule has 1 aliphatic rings. The average molecular weight is 445 g/mol. The summed E-state index contributed by atoms with van der Waals surface area (Å²) in [5.74, 6) is -0.232. The third-order valence-corrected chi connectivity index (χ3v) is 5.40. The number of aromatic nitrogens is 2. The molecule has 1 unspecified atom stereocenters. The van der Waals surface area contributed by atoms with Crippen LogP contribution in [0.5, 0.6) is 0 Å². The molecule has 0 bridgehead atoms. The summed E-state index contributed by atoms with van der Waals surface area (Å²) < 4.78 is 0. The Balaban J connectivity index is 1.51. The summed E-state index contributed by atoms with van der Waals surface area (Å²) in [5, 5.41) is 13.2. The Morgan fingerprint density at radius 3 is 2.63 bits per heavy atom. The van der Waals surface area contributed by atoms with Crippen LogP contribution in [-0.2, 0) is 0 Å². The van der Waals surface area contributed by atoms with E-state index in [1.165, 1.54) is 18.2 Å². The summed E-state index contributed by atoms with van der Waals surface area (Å²) in [6, 6.07) is 8.94. The molecule has 2 heterocycles. The molecule has 1 aliphatic heterocycles. The van der Waals surface area contributed by atoms with Crippen molar-refractivity contribution in [3.05, 3.63) is 75.5 Å². The first-order valence-corrected chi connectivity index (χ1v) is 10.0. The summed E-state index contributed by atoms with van der Waals surface area (Å²) in [4.78, 5) is 34.3. The monoisotopic (exact) mass is 444 g/mol. The van der Waals surface area contributed by atoms with Gasteiger partial charge >= 0.3 is 0 Å². The number of rotatable bonds is 5. The molecular weight excluding hydrogens is 427 g/mol. The van der Waals surface area contributed by atoms with Crippen molar-refractivity contribution in [2.24, 2.45) is 0 Å². The molecule has 0 saturated heterocycles. The molecule has 7 nitrogen and oxygen atoms in total. The van der Waals surface area contributed by atoms with Crippen LogP contribution in [0.1, 0.15) is 32.6 Å². The zero-order valence-electron chi connectivity index (χ0n) is 15.7. The number of amides is 2. The molecule has 3 aromatic rings. The summed E-state index contributed by atoms with van der Waals surface area (Å²) in [6.45, 7) is 0.724. The first kappa shape index (κ1) is 20.4. The predicted octanol–water partition coefficient (Wildman–Crippen LogP) is 3.35. The van der Waals surface area contributed by atoms with Crippen LogP contribution in [0.2, 0.25) is 10.0 Å². The topological polar surface area (TPSA) is 98.3 Å². The number of nitrogens with zero attached hydrogens (tertiary/aromatic N) is 2. The second-order valence-corrected chi connectivity index (χ2v) is 7.71. The number of fused-ring (bicyclic) bond motifs is 1. The molecule has 30 heavy (non-hydrogen) atoms. The fraction of sp³-hybridized carbons (Fsp3) is 0.190. The van der Waals surface area contributed by atoms with Crippen LogP contribution >= 0.6 is 23.2 Å². The molecule has 0 saturated carbocycles. The molecule has 154 valence electrons. The van der Waals surface area contributed by atoms with Crippen molar-refractivity contribution in [3.63, 3.8) is 0 Å². The van der Waals surface area contributed by atoms with Crippen molar-refractivity contribution in [2.75, 3.05) is 19.7 Å². The van der Waals surface area contributed by atoms with Crippen molar-refractivity contribution in [3.8, 4) is 0 Å². The van der Waals surface area contributed by atoms with Crippen LogP contribution in [0.3, 0.4) is 0 Å². The van der Waals surface area contributed by atoms with Gasteiger partial charge in [0.2, 0.25) is 0 Å². The van der Waals surface area contributed by atoms with Gasteiger partial charge in [0.05, 0.1) is 28.2 Å². The van der Waals surface area contributed by atoms with E-state index in [4.69, 9.17) is 23.2 Å². The minimum Gasteiger partial charge on any atom is -0.394 e. The molecule has 9 heteroatoms. The van der Waals surface area contributed by atoms with E-state index >= 15 is 0 Å². The molecular formula is C21H18Cl2N4O3. The SMILES string of the molecule is O=C(NC(CO)c1nc2ccc(Cl)cc2[nH]1)c1ccc(C(=O)N2CC=CC2)c(Cl)c1. The smallest absolute Gasteiger partial charge is 0.255 e. The highest BCUT2D eigenvalue weighted by Crippen LogP contribution is 2.23. The summed E-state index contributed by atoms with van der Waals surface area (Å²) >= 11 is 12.3. The van der Waals surface area contributed by atoms with E-state index in [0.29, 0.717) is 40.5 Å². The Hall–Kier alpha value is -2.87. The Labute approximate surface area is 182 Å². The number of hydrogen-bond acceptors (Lipinski definition) is 4. The van der Waals surface area contributed by atoms with Crippen LogP contribution in [0.15, 0.2) is 48.6 Å². The number of halogens is 2. The largest absolute Gasteiger partial charge is 0.394 e. The fourth-order valence-electron chi connectivity index (χ4n) is 3.25. The first-order valence-electron chi connectivity index (χ1n) is 9.27. The highest BCUT2D eigenvalue weighted by molar-refractivity contribution is 6.34. The van der Waals surface area contributed by atoms with E-state index in [9.17, 15) is 14.7 Å². The average Bonchev–Trinajstić information content (AvgIpc) is 3.40. The molecule has 3 N–H and O–H groups in total. The van der Waals surface area contributed by atoms with Gasteiger partial charge in [-0.15, -0.1) is 0 Å². The lowest BCUT2D eigenvalue weighted by Gasteiger charge is -2.17. The van der Waals surface area contributed by atoms with Gasteiger partial charge in [-0.05, 0) is 36.4 Å². The van der Waals surface area contributed by atoms with E-state index in [1.54, 1.807) is 23.1 Å². The Kier molecular flexibility index (Phi) is 5.76. The molecule has 1 aromatic heterocycles. The van der Waals surface area contributed by atoms with Crippen molar-refractivity contribution >= 4 is 46.0 Å². The third kappa shape index (κ3) is 4.05. The zero-order valence-corrected chi connectivity index (χ0v) is 17.2. The highest BCUT2D eigenvalue weighted by Gasteiger charge is 2.22. The van der Waals surface area contributed by atoms with Crippen molar-refractivity contribution in [1.82, 2.24) is 20.2 Å². The van der Waals surface area contributed by atoms with Gasteiger partial charge in [0.1, 0.15) is 11.9 Å². The lowest BCUT2D eigenvalue weighted by molar-refractivity contribution is 0.0799. The Morgan fingerprint density at radius 2 is 1.93 bits per heavy atom. The van der Waals surface area contributed by atoms with E-state index < -0.39 is 11.9 Å². The fourth-order valence-corrected chi connectivity index (χ4v) is 3.69. The maximum atomic E-state index is 12.7. The number of carbonyl (C=O) groups excluding carboxylic acids is 2. The lowest BCUT2D eigenvalue weighted by atomic mass is 10.1. The number of carbonyl (C=O) groups is 2. The number of hydrogen-bond donors (Lipinski definition) is 3. The summed E-state index contributed by atoms with van der Waals surface area (Å²) in [5.41, 5.74) is 1.98. The molecule has 4 rings (SSSR count). The van der Waals surface area contributed by atoms with Crippen LogP contribution in [0, 0.1) is 0 Å². The van der Waals surface area contributed by atoms with E-state index in [0.717, 1.165) is 0 Å². The number of nitrogens with one attached hydrogen (secondary N) is 2. The summed E-state index contributed by atoms with van der Waals surface area (Å²) in [7, 11) is 0. The van der Waals surface area contributed by atoms with Gasteiger partial charge in [0, 0.05) is 23.7 Å².